The van der Waals surface area contributed by atoms with E-state index in [1.165, 1.54) is 24.3 Å². The van der Waals surface area contributed by atoms with Crippen LogP contribution in [0.4, 0.5) is 11.4 Å². The van der Waals surface area contributed by atoms with Crippen LogP contribution in [0.2, 0.25) is 10.0 Å². The molecule has 0 spiro atoms. The van der Waals surface area contributed by atoms with Crippen LogP contribution >= 0.6 is 23.2 Å². The van der Waals surface area contributed by atoms with Crippen LogP contribution in [0.1, 0.15) is 5.56 Å². The number of ether oxygens (including phenoxy) is 1. The fourth-order valence-electron chi connectivity index (χ4n) is 2.55. The first kappa shape index (κ1) is 22.0. The standard InChI is InChI=1S/C21H18Cl2N2O4S/c1-14-5-2-3-8-19(14)25-30(27,28)16-11-9-15(10-12-16)29-13-20(26)24-21-17(22)6-4-7-18(21)23/h2-12,25H,13H2,1H3,(H,24,26). The van der Waals surface area contributed by atoms with Crippen molar-refractivity contribution in [2.24, 2.45) is 0 Å². The van der Waals surface area contributed by atoms with Gasteiger partial charge in [0.2, 0.25) is 0 Å². The van der Waals surface area contributed by atoms with Gasteiger partial charge < -0.3 is 10.1 Å². The van der Waals surface area contributed by atoms with Crippen LogP contribution in [0.25, 0.3) is 0 Å². The van der Waals surface area contributed by atoms with Crippen molar-refractivity contribution in [2.75, 3.05) is 16.6 Å². The Balaban J connectivity index is 1.62. The van der Waals surface area contributed by atoms with Gasteiger partial charge in [0, 0.05) is 0 Å². The Hall–Kier alpha value is -2.74. The van der Waals surface area contributed by atoms with E-state index in [1.54, 1.807) is 30.3 Å². The van der Waals surface area contributed by atoms with E-state index in [1.807, 2.05) is 19.1 Å². The lowest BCUT2D eigenvalue weighted by atomic mass is 10.2. The van der Waals surface area contributed by atoms with E-state index in [0.29, 0.717) is 27.2 Å². The van der Waals surface area contributed by atoms with Crippen LogP contribution in [0, 0.1) is 6.92 Å². The van der Waals surface area contributed by atoms with Crippen molar-refractivity contribution in [3.05, 3.63) is 82.3 Å². The molecule has 3 aromatic carbocycles. The van der Waals surface area contributed by atoms with Crippen LogP contribution in [0.15, 0.2) is 71.6 Å². The van der Waals surface area contributed by atoms with Gasteiger partial charge in [0.15, 0.2) is 6.61 Å². The molecule has 0 saturated heterocycles. The molecule has 0 heterocycles. The average Bonchev–Trinajstić information content (AvgIpc) is 2.71. The van der Waals surface area contributed by atoms with Gasteiger partial charge in [-0.3, -0.25) is 9.52 Å². The topological polar surface area (TPSA) is 84.5 Å². The summed E-state index contributed by atoms with van der Waals surface area (Å²) < 4.78 is 33.1. The summed E-state index contributed by atoms with van der Waals surface area (Å²) in [5.41, 5.74) is 1.62. The number of sulfonamides is 1. The van der Waals surface area contributed by atoms with Crippen molar-refractivity contribution < 1.29 is 17.9 Å². The zero-order valence-corrected chi connectivity index (χ0v) is 18.2. The van der Waals surface area contributed by atoms with E-state index in [2.05, 4.69) is 10.0 Å². The first-order chi connectivity index (χ1) is 14.3. The SMILES string of the molecule is Cc1ccccc1NS(=O)(=O)c1ccc(OCC(=O)Nc2c(Cl)cccc2Cl)cc1. The van der Waals surface area contributed by atoms with E-state index in [9.17, 15) is 13.2 Å². The molecular formula is C21H18Cl2N2O4S. The Kier molecular flexibility index (Phi) is 6.87. The van der Waals surface area contributed by atoms with Gasteiger partial charge in [-0.2, -0.15) is 0 Å². The van der Waals surface area contributed by atoms with Crippen molar-refractivity contribution in [2.45, 2.75) is 11.8 Å². The molecule has 0 aliphatic rings. The summed E-state index contributed by atoms with van der Waals surface area (Å²) >= 11 is 12.0. The molecule has 2 N–H and O–H groups in total. The molecule has 0 bridgehead atoms. The zero-order chi connectivity index (χ0) is 21.7. The summed E-state index contributed by atoms with van der Waals surface area (Å²) in [4.78, 5) is 12.2. The van der Waals surface area contributed by atoms with E-state index < -0.39 is 15.9 Å². The summed E-state index contributed by atoms with van der Waals surface area (Å²) in [5.74, 6) is -0.117. The molecular weight excluding hydrogens is 447 g/mol. The Morgan fingerprint density at radius 3 is 2.20 bits per heavy atom. The van der Waals surface area contributed by atoms with Crippen molar-refractivity contribution in [3.63, 3.8) is 0 Å². The van der Waals surface area contributed by atoms with E-state index in [-0.39, 0.29) is 11.5 Å². The Morgan fingerprint density at radius 1 is 0.933 bits per heavy atom. The highest BCUT2D eigenvalue weighted by atomic mass is 35.5. The molecule has 30 heavy (non-hydrogen) atoms. The number of amides is 1. The van der Waals surface area contributed by atoms with Gasteiger partial charge in [-0.05, 0) is 55.0 Å². The molecule has 3 rings (SSSR count). The van der Waals surface area contributed by atoms with Gasteiger partial charge in [-0.15, -0.1) is 0 Å². The molecule has 0 radical (unpaired) electrons. The quantitative estimate of drug-likeness (QED) is 0.507. The lowest BCUT2D eigenvalue weighted by Crippen LogP contribution is -2.20. The summed E-state index contributed by atoms with van der Waals surface area (Å²) in [6.07, 6.45) is 0. The van der Waals surface area contributed by atoms with E-state index in [4.69, 9.17) is 27.9 Å². The number of carbonyl (C=O) groups is 1. The smallest absolute Gasteiger partial charge is 0.262 e. The highest BCUT2D eigenvalue weighted by molar-refractivity contribution is 7.92. The number of benzene rings is 3. The minimum absolute atomic E-state index is 0.0744. The second-order valence-electron chi connectivity index (χ2n) is 6.33. The largest absolute Gasteiger partial charge is 0.484 e. The molecule has 0 fully saturated rings. The third-order valence-corrected chi connectivity index (χ3v) is 6.13. The lowest BCUT2D eigenvalue weighted by Gasteiger charge is -2.12. The van der Waals surface area contributed by atoms with Gasteiger partial charge in [0.05, 0.1) is 26.3 Å². The number of halogens is 2. The molecule has 3 aromatic rings. The predicted molar refractivity (Wildman–Crippen MR) is 119 cm³/mol. The number of carbonyl (C=O) groups excluding carboxylic acids is 1. The Labute approximate surface area is 184 Å². The number of anilines is 2. The van der Waals surface area contributed by atoms with Crippen molar-refractivity contribution >= 4 is 50.5 Å². The average molecular weight is 465 g/mol. The van der Waals surface area contributed by atoms with Crippen LogP contribution in [0.5, 0.6) is 5.75 Å². The molecule has 0 aliphatic carbocycles. The fourth-order valence-corrected chi connectivity index (χ4v) is 4.17. The molecule has 0 unspecified atom stereocenters. The molecule has 6 nitrogen and oxygen atoms in total. The molecule has 0 aromatic heterocycles. The first-order valence-electron chi connectivity index (χ1n) is 8.81. The number of aryl methyl sites for hydroxylation is 1. The fraction of sp³-hybridized carbons (Fsp3) is 0.0952. The van der Waals surface area contributed by atoms with Gasteiger partial charge >= 0.3 is 0 Å². The number of nitrogens with one attached hydrogen (secondary N) is 2. The highest BCUT2D eigenvalue weighted by Crippen LogP contribution is 2.29. The maximum Gasteiger partial charge on any atom is 0.262 e. The number of hydrogen-bond acceptors (Lipinski definition) is 4. The van der Waals surface area contributed by atoms with Gasteiger partial charge in [-0.1, -0.05) is 47.5 Å². The number of rotatable bonds is 7. The minimum atomic E-state index is -3.75. The van der Waals surface area contributed by atoms with Crippen molar-refractivity contribution in [3.8, 4) is 5.75 Å². The lowest BCUT2D eigenvalue weighted by molar-refractivity contribution is -0.118. The van der Waals surface area contributed by atoms with Crippen LogP contribution < -0.4 is 14.8 Å². The second kappa shape index (κ2) is 9.38. The van der Waals surface area contributed by atoms with Crippen LogP contribution in [-0.2, 0) is 14.8 Å². The number of hydrogen-bond donors (Lipinski definition) is 2. The monoisotopic (exact) mass is 464 g/mol. The highest BCUT2D eigenvalue weighted by Gasteiger charge is 2.15. The molecule has 0 saturated carbocycles. The maximum absolute atomic E-state index is 12.6. The van der Waals surface area contributed by atoms with Crippen LogP contribution in [0.3, 0.4) is 0 Å². The normalized spacial score (nSPS) is 11.0. The Morgan fingerprint density at radius 2 is 1.57 bits per heavy atom. The minimum Gasteiger partial charge on any atom is -0.484 e. The summed E-state index contributed by atoms with van der Waals surface area (Å²) in [7, 11) is -3.75. The third-order valence-electron chi connectivity index (χ3n) is 4.12. The second-order valence-corrected chi connectivity index (χ2v) is 8.82. The molecule has 9 heteroatoms. The van der Waals surface area contributed by atoms with Crippen molar-refractivity contribution in [1.29, 1.82) is 0 Å². The zero-order valence-electron chi connectivity index (χ0n) is 15.9. The molecule has 156 valence electrons. The number of para-hydroxylation sites is 2. The Bertz CT molecular complexity index is 1150. The predicted octanol–water partition coefficient (Wildman–Crippen LogP) is 5.12. The van der Waals surface area contributed by atoms with E-state index in [0.717, 1.165) is 5.56 Å². The molecule has 0 aliphatic heterocycles. The van der Waals surface area contributed by atoms with Gasteiger partial charge in [0.1, 0.15) is 5.75 Å². The van der Waals surface area contributed by atoms with Gasteiger partial charge in [0.25, 0.3) is 15.9 Å². The summed E-state index contributed by atoms with van der Waals surface area (Å²) in [6.45, 7) is 1.52. The third kappa shape index (κ3) is 5.44. The molecule has 1 amide bonds. The first-order valence-corrected chi connectivity index (χ1v) is 11.1. The van der Waals surface area contributed by atoms with Gasteiger partial charge in [-0.25, -0.2) is 8.42 Å². The van der Waals surface area contributed by atoms with Crippen molar-refractivity contribution in [1.82, 2.24) is 0 Å². The summed E-state index contributed by atoms with van der Waals surface area (Å²) in [6, 6.07) is 17.7. The maximum atomic E-state index is 12.6. The van der Waals surface area contributed by atoms with Crippen LogP contribution in [-0.4, -0.2) is 20.9 Å². The van der Waals surface area contributed by atoms with E-state index >= 15 is 0 Å². The molecule has 0 atom stereocenters. The summed E-state index contributed by atoms with van der Waals surface area (Å²) in [5, 5.41) is 3.21.